The van der Waals surface area contributed by atoms with E-state index in [1.54, 1.807) is 0 Å². The highest BCUT2D eigenvalue weighted by atomic mass is 16.6. The van der Waals surface area contributed by atoms with Gasteiger partial charge in [0, 0.05) is 0 Å². The van der Waals surface area contributed by atoms with Crippen molar-refractivity contribution in [3.63, 3.8) is 0 Å². The first-order chi connectivity index (χ1) is 6.07. The summed E-state index contributed by atoms with van der Waals surface area (Å²) in [7, 11) is 1.44. The minimum atomic E-state index is -0.102. The van der Waals surface area contributed by atoms with E-state index in [2.05, 4.69) is 10.3 Å². The van der Waals surface area contributed by atoms with E-state index >= 15 is 0 Å². The van der Waals surface area contributed by atoms with Gasteiger partial charge in [-0.15, -0.1) is 0 Å². The summed E-state index contributed by atoms with van der Waals surface area (Å²) in [5, 5.41) is 0. The molecule has 0 aromatic rings. The second kappa shape index (κ2) is 4.07. The topological polar surface area (TPSA) is 47.6 Å². The van der Waals surface area contributed by atoms with Crippen molar-refractivity contribution in [2.24, 2.45) is 11.8 Å². The molecule has 13 heavy (non-hydrogen) atoms. The van der Waals surface area contributed by atoms with E-state index < -0.39 is 0 Å². The number of nitrogens with one attached hydrogen (secondary N) is 1. The summed E-state index contributed by atoms with van der Waals surface area (Å²) < 4.78 is 5.54. The third-order valence-corrected chi connectivity index (χ3v) is 2.75. The highest BCUT2D eigenvalue weighted by Crippen LogP contribution is 2.31. The summed E-state index contributed by atoms with van der Waals surface area (Å²) >= 11 is 0. The maximum atomic E-state index is 11.5. The van der Waals surface area contributed by atoms with Crippen LogP contribution in [0.4, 0.5) is 0 Å². The number of ether oxygens (including phenoxy) is 1. The highest BCUT2D eigenvalue weighted by Gasteiger charge is 2.41. The molecule has 0 bridgehead atoms. The van der Waals surface area contributed by atoms with Gasteiger partial charge in [-0.3, -0.25) is 9.63 Å². The van der Waals surface area contributed by atoms with Crippen molar-refractivity contribution in [2.75, 3.05) is 7.11 Å². The van der Waals surface area contributed by atoms with E-state index in [1.165, 1.54) is 7.11 Å². The fourth-order valence-corrected chi connectivity index (χ4v) is 1.89. The van der Waals surface area contributed by atoms with Crippen LogP contribution in [0.25, 0.3) is 0 Å². The summed E-state index contributed by atoms with van der Waals surface area (Å²) in [5.41, 5.74) is 2.35. The van der Waals surface area contributed by atoms with Gasteiger partial charge in [0.2, 0.25) is 5.91 Å². The Bertz CT molecular complexity index is 195. The number of amides is 1. The predicted octanol–water partition coefficient (Wildman–Crippen LogP) is 0.723. The number of carbonyl (C=O) groups is 1. The Hall–Kier alpha value is -0.610. The summed E-state index contributed by atoms with van der Waals surface area (Å²) in [4.78, 5) is 16.1. The molecule has 0 radical (unpaired) electrons. The van der Waals surface area contributed by atoms with Crippen LogP contribution in [-0.2, 0) is 14.4 Å². The van der Waals surface area contributed by atoms with E-state index in [0.29, 0.717) is 0 Å². The minimum absolute atomic E-state index is 0.0276. The average Bonchev–Trinajstić information content (AvgIpc) is 2.27. The Morgan fingerprint density at radius 1 is 1.31 bits per heavy atom. The molecule has 0 aromatic carbocycles. The number of hydroxylamine groups is 1. The molecule has 0 spiro atoms. The van der Waals surface area contributed by atoms with Gasteiger partial charge in [-0.2, -0.15) is 0 Å². The van der Waals surface area contributed by atoms with Crippen LogP contribution in [0.2, 0.25) is 0 Å². The molecular formula is C9H17NO3. The van der Waals surface area contributed by atoms with Gasteiger partial charge in [-0.1, -0.05) is 6.92 Å². The van der Waals surface area contributed by atoms with Gasteiger partial charge in [0.25, 0.3) is 0 Å². The van der Waals surface area contributed by atoms with E-state index in [9.17, 15) is 4.79 Å². The molecule has 0 aromatic heterocycles. The number of carbonyl (C=O) groups excluding carboxylic acids is 1. The Morgan fingerprint density at radius 3 is 2.31 bits per heavy atom. The molecule has 1 heterocycles. The molecular weight excluding hydrogens is 170 g/mol. The zero-order chi connectivity index (χ0) is 10.0. The van der Waals surface area contributed by atoms with Gasteiger partial charge in [0.15, 0.2) is 0 Å². The van der Waals surface area contributed by atoms with Crippen molar-refractivity contribution in [1.82, 2.24) is 5.48 Å². The van der Waals surface area contributed by atoms with E-state index in [0.717, 1.165) is 0 Å². The number of rotatable bonds is 2. The summed E-state index contributed by atoms with van der Waals surface area (Å²) in [6.45, 7) is 5.93. The molecule has 76 valence electrons. The largest absolute Gasteiger partial charge is 0.374 e. The summed E-state index contributed by atoms with van der Waals surface area (Å²) in [6.07, 6.45) is 0.114. The van der Waals surface area contributed by atoms with Crippen LogP contribution in [0.3, 0.4) is 0 Å². The van der Waals surface area contributed by atoms with Crippen LogP contribution < -0.4 is 5.48 Å². The quantitative estimate of drug-likeness (QED) is 0.648. The molecule has 1 fully saturated rings. The third kappa shape index (κ3) is 2.00. The Morgan fingerprint density at radius 2 is 1.92 bits per heavy atom. The minimum Gasteiger partial charge on any atom is -0.374 e. The van der Waals surface area contributed by atoms with Crippen LogP contribution in [0.5, 0.6) is 0 Å². The smallest absolute Gasteiger partial charge is 0.249 e. The lowest BCUT2D eigenvalue weighted by molar-refractivity contribution is -0.137. The van der Waals surface area contributed by atoms with Crippen LogP contribution in [0.15, 0.2) is 0 Å². The van der Waals surface area contributed by atoms with Gasteiger partial charge in [-0.25, -0.2) is 5.48 Å². The fourth-order valence-electron chi connectivity index (χ4n) is 1.89. The predicted molar refractivity (Wildman–Crippen MR) is 47.8 cm³/mol. The molecule has 4 unspecified atom stereocenters. The lowest BCUT2D eigenvalue weighted by Gasteiger charge is -2.16. The molecule has 4 atom stereocenters. The van der Waals surface area contributed by atoms with Crippen LogP contribution >= 0.6 is 0 Å². The maximum absolute atomic E-state index is 11.5. The van der Waals surface area contributed by atoms with Crippen LogP contribution in [0.1, 0.15) is 20.8 Å². The zero-order valence-electron chi connectivity index (χ0n) is 8.53. The SMILES string of the molecule is CONC(=O)C1C(C)OC(C)C1C. The standard InChI is InChI=1S/C9H17NO3/c1-5-6(2)13-7(3)8(5)9(11)10-12-4/h5-8H,1-4H3,(H,10,11). The fraction of sp³-hybridized carbons (Fsp3) is 0.889. The van der Waals surface area contributed by atoms with Crippen LogP contribution in [0, 0.1) is 11.8 Å². The monoisotopic (exact) mass is 187 g/mol. The van der Waals surface area contributed by atoms with Crippen molar-refractivity contribution in [3.8, 4) is 0 Å². The molecule has 0 saturated carbocycles. The van der Waals surface area contributed by atoms with Gasteiger partial charge in [0.05, 0.1) is 25.2 Å². The molecule has 4 nitrogen and oxygen atoms in total. The van der Waals surface area contributed by atoms with E-state index in [4.69, 9.17) is 4.74 Å². The number of hydrogen-bond donors (Lipinski definition) is 1. The van der Waals surface area contributed by atoms with Crippen molar-refractivity contribution < 1.29 is 14.4 Å². The molecule has 1 aliphatic heterocycles. The van der Waals surface area contributed by atoms with E-state index in [1.807, 2.05) is 20.8 Å². The molecule has 1 aliphatic rings. The lowest BCUT2D eigenvalue weighted by atomic mass is 9.89. The first-order valence-electron chi connectivity index (χ1n) is 4.56. The van der Waals surface area contributed by atoms with Crippen molar-refractivity contribution in [1.29, 1.82) is 0 Å². The highest BCUT2D eigenvalue weighted by molar-refractivity contribution is 5.78. The van der Waals surface area contributed by atoms with Gasteiger partial charge >= 0.3 is 0 Å². The Labute approximate surface area is 78.5 Å². The Balaban J connectivity index is 2.62. The van der Waals surface area contributed by atoms with Gasteiger partial charge in [0.1, 0.15) is 0 Å². The number of hydrogen-bond acceptors (Lipinski definition) is 3. The molecule has 0 aliphatic carbocycles. The molecule has 1 saturated heterocycles. The first kappa shape index (κ1) is 10.5. The second-order valence-electron chi connectivity index (χ2n) is 3.60. The summed E-state index contributed by atoms with van der Waals surface area (Å²) in [6, 6.07) is 0. The van der Waals surface area contributed by atoms with Gasteiger partial charge in [-0.05, 0) is 19.8 Å². The second-order valence-corrected chi connectivity index (χ2v) is 3.60. The normalized spacial score (nSPS) is 39.1. The Kier molecular flexibility index (Phi) is 3.27. The molecule has 1 N–H and O–H groups in total. The molecule has 1 rings (SSSR count). The average molecular weight is 187 g/mol. The lowest BCUT2D eigenvalue weighted by Crippen LogP contribution is -2.36. The third-order valence-electron chi connectivity index (χ3n) is 2.75. The zero-order valence-corrected chi connectivity index (χ0v) is 8.53. The van der Waals surface area contributed by atoms with Gasteiger partial charge < -0.3 is 4.74 Å². The molecule has 1 amide bonds. The first-order valence-corrected chi connectivity index (χ1v) is 4.56. The molecule has 4 heteroatoms. The van der Waals surface area contributed by atoms with Crippen LogP contribution in [-0.4, -0.2) is 25.2 Å². The maximum Gasteiger partial charge on any atom is 0.249 e. The summed E-state index contributed by atoms with van der Waals surface area (Å²) in [5.74, 6) is 0.0481. The van der Waals surface area contributed by atoms with Crippen molar-refractivity contribution in [2.45, 2.75) is 33.0 Å². The van der Waals surface area contributed by atoms with E-state index in [-0.39, 0.29) is 30.0 Å². The van der Waals surface area contributed by atoms with Crippen molar-refractivity contribution >= 4 is 5.91 Å². The van der Waals surface area contributed by atoms with Crippen molar-refractivity contribution in [3.05, 3.63) is 0 Å².